The average molecular weight is 217 g/mol. The quantitative estimate of drug-likeness (QED) is 0.819. The van der Waals surface area contributed by atoms with Gasteiger partial charge in [-0.3, -0.25) is 0 Å². The fraction of sp³-hybridized carbons (Fsp3) is 0.455. The van der Waals surface area contributed by atoms with Crippen LogP contribution < -0.4 is 5.32 Å². The van der Waals surface area contributed by atoms with E-state index in [2.05, 4.69) is 5.32 Å². The number of benzene rings is 1. The topological polar surface area (TPSA) is 12.0 Å². The molecule has 0 saturated heterocycles. The van der Waals surface area contributed by atoms with Crippen LogP contribution in [0.1, 0.15) is 24.1 Å². The lowest BCUT2D eigenvalue weighted by Crippen LogP contribution is -2.30. The van der Waals surface area contributed by atoms with Crippen molar-refractivity contribution < 1.29 is 13.2 Å². The summed E-state index contributed by atoms with van der Waals surface area (Å²) in [5.41, 5.74) is 1.96. The molecule has 0 heterocycles. The van der Waals surface area contributed by atoms with E-state index >= 15 is 0 Å². The zero-order valence-electron chi connectivity index (χ0n) is 8.73. The smallest absolute Gasteiger partial charge is 0.302 e. The zero-order valence-corrected chi connectivity index (χ0v) is 8.73. The van der Waals surface area contributed by atoms with Crippen LogP contribution in [0.2, 0.25) is 0 Å². The molecule has 15 heavy (non-hydrogen) atoms. The van der Waals surface area contributed by atoms with Crippen molar-refractivity contribution in [3.63, 3.8) is 0 Å². The molecule has 0 bridgehead atoms. The van der Waals surface area contributed by atoms with Crippen LogP contribution in [0, 0.1) is 6.92 Å². The third kappa shape index (κ3) is 4.34. The molecule has 0 aliphatic carbocycles. The molecular formula is C11H14F3N. The third-order valence-electron chi connectivity index (χ3n) is 2.19. The summed E-state index contributed by atoms with van der Waals surface area (Å²) in [6.07, 6.45) is -4.15. The Hall–Kier alpha value is -1.03. The Bertz CT molecular complexity index is 303. The number of alkyl halides is 3. The van der Waals surface area contributed by atoms with Gasteiger partial charge in [0.1, 0.15) is 0 Å². The van der Waals surface area contributed by atoms with E-state index in [0.717, 1.165) is 11.1 Å². The Labute approximate surface area is 87.3 Å². The van der Waals surface area contributed by atoms with Gasteiger partial charge < -0.3 is 5.32 Å². The highest BCUT2D eigenvalue weighted by atomic mass is 19.4. The van der Waals surface area contributed by atoms with Gasteiger partial charge in [0.2, 0.25) is 0 Å². The largest absolute Gasteiger partial charge is 0.401 e. The van der Waals surface area contributed by atoms with E-state index in [0.29, 0.717) is 0 Å². The first kappa shape index (κ1) is 12.0. The SMILES string of the molecule is Cc1ccc(C(C)NCC(F)(F)F)cc1. The highest BCUT2D eigenvalue weighted by Gasteiger charge is 2.27. The van der Waals surface area contributed by atoms with Crippen molar-refractivity contribution in [3.05, 3.63) is 35.4 Å². The van der Waals surface area contributed by atoms with Gasteiger partial charge in [0.05, 0.1) is 6.54 Å². The number of nitrogens with one attached hydrogen (secondary N) is 1. The van der Waals surface area contributed by atoms with Gasteiger partial charge in [-0.25, -0.2) is 0 Å². The molecule has 4 heteroatoms. The van der Waals surface area contributed by atoms with Gasteiger partial charge in [0.25, 0.3) is 0 Å². The molecule has 0 aliphatic heterocycles. The maximum Gasteiger partial charge on any atom is 0.401 e. The minimum atomic E-state index is -4.15. The molecule has 0 radical (unpaired) electrons. The lowest BCUT2D eigenvalue weighted by atomic mass is 10.1. The standard InChI is InChI=1S/C11H14F3N/c1-8-3-5-10(6-4-8)9(2)15-7-11(12,13)14/h3-6,9,15H,7H2,1-2H3. The molecule has 1 atom stereocenters. The maximum absolute atomic E-state index is 11.9. The zero-order chi connectivity index (χ0) is 11.5. The Kier molecular flexibility index (Phi) is 3.74. The first-order chi connectivity index (χ1) is 6.88. The Morgan fingerprint density at radius 1 is 1.20 bits per heavy atom. The average Bonchev–Trinajstić information content (AvgIpc) is 2.14. The number of hydrogen-bond donors (Lipinski definition) is 1. The Morgan fingerprint density at radius 3 is 2.20 bits per heavy atom. The second-order valence-electron chi connectivity index (χ2n) is 3.63. The van der Waals surface area contributed by atoms with E-state index in [-0.39, 0.29) is 6.04 Å². The molecular weight excluding hydrogens is 203 g/mol. The molecule has 0 aromatic heterocycles. The summed E-state index contributed by atoms with van der Waals surface area (Å²) in [5.74, 6) is 0. The van der Waals surface area contributed by atoms with E-state index in [1.165, 1.54) is 0 Å². The van der Waals surface area contributed by atoms with Gasteiger partial charge in [-0.05, 0) is 19.4 Å². The van der Waals surface area contributed by atoms with E-state index in [1.54, 1.807) is 6.92 Å². The van der Waals surface area contributed by atoms with Crippen molar-refractivity contribution in [2.24, 2.45) is 0 Å². The summed E-state index contributed by atoms with van der Waals surface area (Å²) in [6, 6.07) is 7.17. The Balaban J connectivity index is 2.54. The Morgan fingerprint density at radius 2 is 1.73 bits per heavy atom. The van der Waals surface area contributed by atoms with Crippen molar-refractivity contribution in [2.75, 3.05) is 6.54 Å². The van der Waals surface area contributed by atoms with Crippen molar-refractivity contribution in [2.45, 2.75) is 26.1 Å². The molecule has 1 unspecified atom stereocenters. The monoisotopic (exact) mass is 217 g/mol. The van der Waals surface area contributed by atoms with Crippen LogP contribution in [-0.4, -0.2) is 12.7 Å². The van der Waals surface area contributed by atoms with Crippen LogP contribution in [0.3, 0.4) is 0 Å². The van der Waals surface area contributed by atoms with Gasteiger partial charge in [0.15, 0.2) is 0 Å². The van der Waals surface area contributed by atoms with Crippen molar-refractivity contribution in [1.29, 1.82) is 0 Å². The molecule has 1 aromatic rings. The molecule has 0 saturated carbocycles. The van der Waals surface area contributed by atoms with Gasteiger partial charge in [-0.1, -0.05) is 29.8 Å². The number of halogens is 3. The summed E-state index contributed by atoms with van der Waals surface area (Å²) < 4.78 is 35.8. The van der Waals surface area contributed by atoms with Crippen LogP contribution in [-0.2, 0) is 0 Å². The molecule has 0 aliphatic rings. The van der Waals surface area contributed by atoms with E-state index < -0.39 is 12.7 Å². The fourth-order valence-electron chi connectivity index (χ4n) is 1.24. The third-order valence-corrected chi connectivity index (χ3v) is 2.19. The molecule has 1 N–H and O–H groups in total. The minimum absolute atomic E-state index is 0.285. The summed E-state index contributed by atoms with van der Waals surface area (Å²) in [4.78, 5) is 0. The van der Waals surface area contributed by atoms with Crippen LogP contribution in [0.4, 0.5) is 13.2 Å². The summed E-state index contributed by atoms with van der Waals surface area (Å²) in [6.45, 7) is 2.70. The van der Waals surface area contributed by atoms with E-state index in [9.17, 15) is 13.2 Å². The van der Waals surface area contributed by atoms with Gasteiger partial charge in [-0.2, -0.15) is 13.2 Å². The van der Waals surface area contributed by atoms with Crippen molar-refractivity contribution in [3.8, 4) is 0 Å². The summed E-state index contributed by atoms with van der Waals surface area (Å²) >= 11 is 0. The maximum atomic E-state index is 11.9. The second-order valence-corrected chi connectivity index (χ2v) is 3.63. The van der Waals surface area contributed by atoms with Crippen molar-refractivity contribution >= 4 is 0 Å². The fourth-order valence-corrected chi connectivity index (χ4v) is 1.24. The number of aryl methyl sites for hydroxylation is 1. The van der Waals surface area contributed by atoms with Crippen LogP contribution in [0.5, 0.6) is 0 Å². The number of rotatable bonds is 3. The molecule has 0 amide bonds. The first-order valence-electron chi connectivity index (χ1n) is 4.75. The van der Waals surface area contributed by atoms with Crippen LogP contribution in [0.15, 0.2) is 24.3 Å². The predicted molar refractivity (Wildman–Crippen MR) is 53.7 cm³/mol. The molecule has 0 fully saturated rings. The van der Waals surface area contributed by atoms with Gasteiger partial charge in [-0.15, -0.1) is 0 Å². The highest BCUT2D eigenvalue weighted by molar-refractivity contribution is 5.23. The molecule has 84 valence electrons. The summed E-state index contributed by atoms with van der Waals surface area (Å²) in [5, 5.41) is 2.43. The van der Waals surface area contributed by atoms with E-state index in [1.807, 2.05) is 31.2 Å². The first-order valence-corrected chi connectivity index (χ1v) is 4.75. The predicted octanol–water partition coefficient (Wildman–Crippen LogP) is 3.21. The summed E-state index contributed by atoms with van der Waals surface area (Å²) in [7, 11) is 0. The van der Waals surface area contributed by atoms with Gasteiger partial charge in [0, 0.05) is 6.04 Å². The molecule has 0 spiro atoms. The van der Waals surface area contributed by atoms with Crippen LogP contribution >= 0.6 is 0 Å². The van der Waals surface area contributed by atoms with Gasteiger partial charge >= 0.3 is 6.18 Å². The second kappa shape index (κ2) is 4.66. The minimum Gasteiger partial charge on any atom is -0.302 e. The molecule has 1 rings (SSSR count). The van der Waals surface area contributed by atoms with Crippen molar-refractivity contribution in [1.82, 2.24) is 5.32 Å². The lowest BCUT2D eigenvalue weighted by Gasteiger charge is -2.15. The molecule has 1 aromatic carbocycles. The lowest BCUT2D eigenvalue weighted by molar-refractivity contribution is -0.126. The normalized spacial score (nSPS) is 13.9. The van der Waals surface area contributed by atoms with E-state index in [4.69, 9.17) is 0 Å². The highest BCUT2D eigenvalue weighted by Crippen LogP contribution is 2.17. The molecule has 1 nitrogen and oxygen atoms in total. The number of hydrogen-bond acceptors (Lipinski definition) is 1. The van der Waals surface area contributed by atoms with Crippen LogP contribution in [0.25, 0.3) is 0 Å².